The molecule has 4 rings (SSSR count). The van der Waals surface area contributed by atoms with Crippen LogP contribution in [-0.2, 0) is 29.6 Å². The van der Waals surface area contributed by atoms with E-state index in [9.17, 15) is 4.79 Å². The average Bonchev–Trinajstić information content (AvgIpc) is 3.35. The number of benzene rings is 1. The predicted molar refractivity (Wildman–Crippen MR) is 98.8 cm³/mol. The van der Waals surface area contributed by atoms with Crippen LogP contribution in [0.1, 0.15) is 16.1 Å². The van der Waals surface area contributed by atoms with Crippen LogP contribution in [0.4, 0.5) is 0 Å². The van der Waals surface area contributed by atoms with Gasteiger partial charge >= 0.3 is 5.97 Å². The van der Waals surface area contributed by atoms with Crippen LogP contribution in [0.2, 0.25) is 0 Å². The number of nitrogens with zero attached hydrogens (tertiary/aromatic N) is 3. The maximum atomic E-state index is 12.2. The molecule has 7 heteroatoms. The highest BCUT2D eigenvalue weighted by Gasteiger charge is 2.15. The molecular weight excluding hydrogens is 350 g/mol. The lowest BCUT2D eigenvalue weighted by molar-refractivity contribution is -0.144. The largest absolute Gasteiger partial charge is 0.462 e. The van der Waals surface area contributed by atoms with Gasteiger partial charge in [-0.05, 0) is 36.8 Å². The minimum Gasteiger partial charge on any atom is -0.462 e. The Kier molecular flexibility index (Phi) is 4.30. The van der Waals surface area contributed by atoms with Crippen molar-refractivity contribution in [1.29, 1.82) is 0 Å². The maximum Gasteiger partial charge on any atom is 0.311 e. The van der Waals surface area contributed by atoms with Crippen LogP contribution in [0, 0.1) is 6.92 Å². The molecule has 3 aromatic heterocycles. The van der Waals surface area contributed by atoms with Crippen molar-refractivity contribution >= 4 is 28.3 Å². The number of rotatable bonds is 5. The standard InChI is InChI=1S/C19H17N3O3S/c1-12-17(26-19(21-12)16-4-3-7-24-16)9-18(23)25-10-13-5-6-15-14(8-13)20-11-22(15)2/h3-8,11H,9-10H2,1-2H3. The van der Waals surface area contributed by atoms with Crippen LogP contribution in [0.15, 0.2) is 47.3 Å². The van der Waals surface area contributed by atoms with E-state index < -0.39 is 0 Å². The van der Waals surface area contributed by atoms with Crippen molar-refractivity contribution in [3.8, 4) is 10.8 Å². The lowest BCUT2D eigenvalue weighted by Gasteiger charge is -2.05. The van der Waals surface area contributed by atoms with Crippen LogP contribution in [0.3, 0.4) is 0 Å². The lowest BCUT2D eigenvalue weighted by atomic mass is 10.2. The summed E-state index contributed by atoms with van der Waals surface area (Å²) in [5, 5.41) is 0.774. The number of hydrogen-bond acceptors (Lipinski definition) is 6. The molecule has 0 aliphatic heterocycles. The summed E-state index contributed by atoms with van der Waals surface area (Å²) in [6.07, 6.45) is 3.58. The molecule has 0 atom stereocenters. The lowest BCUT2D eigenvalue weighted by Crippen LogP contribution is -2.07. The van der Waals surface area contributed by atoms with Gasteiger partial charge in [-0.1, -0.05) is 6.07 Å². The minimum absolute atomic E-state index is 0.204. The van der Waals surface area contributed by atoms with E-state index in [-0.39, 0.29) is 19.0 Å². The molecule has 4 aromatic rings. The number of carbonyl (C=O) groups excluding carboxylic acids is 1. The highest BCUT2D eigenvalue weighted by atomic mass is 32.1. The number of esters is 1. The minimum atomic E-state index is -0.274. The van der Waals surface area contributed by atoms with Gasteiger partial charge in [0, 0.05) is 11.9 Å². The monoisotopic (exact) mass is 367 g/mol. The van der Waals surface area contributed by atoms with Crippen molar-refractivity contribution < 1.29 is 13.9 Å². The third kappa shape index (κ3) is 3.25. The molecule has 132 valence electrons. The van der Waals surface area contributed by atoms with Gasteiger partial charge in [0.2, 0.25) is 0 Å². The number of hydrogen-bond donors (Lipinski definition) is 0. The SMILES string of the molecule is Cc1nc(-c2ccco2)sc1CC(=O)OCc1ccc2c(c1)ncn2C. The quantitative estimate of drug-likeness (QED) is 0.501. The van der Waals surface area contributed by atoms with Crippen molar-refractivity contribution in [2.24, 2.45) is 7.05 Å². The van der Waals surface area contributed by atoms with Gasteiger partial charge < -0.3 is 13.7 Å². The Bertz CT molecular complexity index is 1060. The van der Waals surface area contributed by atoms with E-state index in [1.54, 1.807) is 12.6 Å². The fraction of sp³-hybridized carbons (Fsp3) is 0.211. The fourth-order valence-electron chi connectivity index (χ4n) is 2.72. The zero-order chi connectivity index (χ0) is 18.1. The Labute approximate surface area is 154 Å². The molecule has 0 bridgehead atoms. The highest BCUT2D eigenvalue weighted by molar-refractivity contribution is 7.15. The molecule has 0 aliphatic carbocycles. The first-order valence-corrected chi connectivity index (χ1v) is 8.97. The Morgan fingerprint density at radius 1 is 1.35 bits per heavy atom. The van der Waals surface area contributed by atoms with Gasteiger partial charge in [-0.15, -0.1) is 11.3 Å². The van der Waals surface area contributed by atoms with Gasteiger partial charge in [0.1, 0.15) is 6.61 Å². The molecule has 0 spiro atoms. The first-order valence-electron chi connectivity index (χ1n) is 8.16. The van der Waals surface area contributed by atoms with Crippen molar-refractivity contribution in [2.45, 2.75) is 20.0 Å². The molecule has 0 saturated heterocycles. The summed E-state index contributed by atoms with van der Waals surface area (Å²) in [5.74, 6) is 0.435. The summed E-state index contributed by atoms with van der Waals surface area (Å²) in [7, 11) is 1.95. The molecule has 0 unspecified atom stereocenters. The summed E-state index contributed by atoms with van der Waals surface area (Å²) in [6.45, 7) is 2.12. The third-order valence-corrected chi connectivity index (χ3v) is 5.29. The van der Waals surface area contributed by atoms with Crippen LogP contribution in [-0.4, -0.2) is 20.5 Å². The summed E-state index contributed by atoms with van der Waals surface area (Å²) in [4.78, 5) is 21.9. The Morgan fingerprint density at radius 3 is 3.04 bits per heavy atom. The normalized spacial score (nSPS) is 11.2. The fourth-order valence-corrected chi connectivity index (χ4v) is 3.73. The molecule has 0 aliphatic rings. The van der Waals surface area contributed by atoms with Gasteiger partial charge in [-0.3, -0.25) is 4.79 Å². The molecule has 0 N–H and O–H groups in total. The van der Waals surface area contributed by atoms with E-state index in [1.807, 2.05) is 48.9 Å². The zero-order valence-electron chi connectivity index (χ0n) is 14.4. The molecule has 0 saturated carbocycles. The van der Waals surface area contributed by atoms with E-state index >= 15 is 0 Å². The van der Waals surface area contributed by atoms with E-state index in [4.69, 9.17) is 9.15 Å². The average molecular weight is 367 g/mol. The molecular formula is C19H17N3O3S. The number of aryl methyl sites for hydroxylation is 2. The number of fused-ring (bicyclic) bond motifs is 1. The number of thiazole rings is 1. The van der Waals surface area contributed by atoms with E-state index in [1.165, 1.54) is 11.3 Å². The van der Waals surface area contributed by atoms with Crippen LogP contribution >= 0.6 is 11.3 Å². The van der Waals surface area contributed by atoms with E-state index in [0.717, 1.165) is 32.2 Å². The number of ether oxygens (including phenoxy) is 1. The summed E-state index contributed by atoms with van der Waals surface area (Å²) in [6, 6.07) is 9.54. The number of carbonyl (C=O) groups is 1. The van der Waals surface area contributed by atoms with Gasteiger partial charge in [-0.2, -0.15) is 0 Å². The number of furan rings is 1. The van der Waals surface area contributed by atoms with Crippen molar-refractivity contribution in [2.75, 3.05) is 0 Å². The first-order chi connectivity index (χ1) is 12.6. The molecule has 0 radical (unpaired) electrons. The Hall–Kier alpha value is -2.93. The van der Waals surface area contributed by atoms with Crippen molar-refractivity contribution in [3.05, 3.63) is 59.1 Å². The smallest absolute Gasteiger partial charge is 0.311 e. The zero-order valence-corrected chi connectivity index (χ0v) is 15.2. The van der Waals surface area contributed by atoms with Gasteiger partial charge in [0.15, 0.2) is 10.8 Å². The number of imidazole rings is 1. The summed E-state index contributed by atoms with van der Waals surface area (Å²) < 4.78 is 12.7. The predicted octanol–water partition coefficient (Wildman–Crippen LogP) is 3.88. The second-order valence-corrected chi connectivity index (χ2v) is 7.10. The molecule has 0 fully saturated rings. The molecule has 1 aromatic carbocycles. The molecule has 3 heterocycles. The molecule has 26 heavy (non-hydrogen) atoms. The highest BCUT2D eigenvalue weighted by Crippen LogP contribution is 2.28. The van der Waals surface area contributed by atoms with Crippen LogP contribution < -0.4 is 0 Å². The van der Waals surface area contributed by atoms with Crippen molar-refractivity contribution in [3.63, 3.8) is 0 Å². The Balaban J connectivity index is 1.40. The molecule has 0 amide bonds. The second kappa shape index (κ2) is 6.76. The van der Waals surface area contributed by atoms with E-state index in [2.05, 4.69) is 9.97 Å². The number of aromatic nitrogens is 3. The Morgan fingerprint density at radius 2 is 2.23 bits per heavy atom. The first kappa shape index (κ1) is 16.5. The van der Waals surface area contributed by atoms with Crippen LogP contribution in [0.25, 0.3) is 21.8 Å². The summed E-state index contributed by atoms with van der Waals surface area (Å²) in [5.41, 5.74) is 3.68. The third-order valence-electron chi connectivity index (χ3n) is 4.12. The van der Waals surface area contributed by atoms with Crippen LogP contribution in [0.5, 0.6) is 0 Å². The van der Waals surface area contributed by atoms with Crippen molar-refractivity contribution in [1.82, 2.24) is 14.5 Å². The van der Waals surface area contributed by atoms with E-state index in [0.29, 0.717) is 5.76 Å². The van der Waals surface area contributed by atoms with Gasteiger partial charge in [-0.25, -0.2) is 9.97 Å². The van der Waals surface area contributed by atoms with Gasteiger partial charge in [0.25, 0.3) is 0 Å². The topological polar surface area (TPSA) is 70.2 Å². The maximum absolute atomic E-state index is 12.2. The van der Waals surface area contributed by atoms with Gasteiger partial charge in [0.05, 0.1) is 35.7 Å². The second-order valence-electron chi connectivity index (χ2n) is 6.02. The molecule has 6 nitrogen and oxygen atoms in total. The summed E-state index contributed by atoms with van der Waals surface area (Å²) >= 11 is 1.45.